The molecule has 4 heterocycles. The lowest BCUT2D eigenvalue weighted by molar-refractivity contribution is -0.120. The molecule has 36 heavy (non-hydrogen) atoms. The van der Waals surface area contributed by atoms with E-state index >= 15 is 0 Å². The average Bonchev–Trinajstić information content (AvgIpc) is 3.50. The number of rotatable bonds is 7. The van der Waals surface area contributed by atoms with Crippen molar-refractivity contribution in [1.82, 2.24) is 25.1 Å². The third-order valence-corrected chi connectivity index (χ3v) is 5.06. The lowest BCUT2D eigenvalue weighted by atomic mass is 10.2. The first-order chi connectivity index (χ1) is 17.0. The number of carbonyl (C=O) groups is 3. The van der Waals surface area contributed by atoms with E-state index in [-0.39, 0.29) is 59.7 Å². The van der Waals surface area contributed by atoms with Gasteiger partial charge in [-0.25, -0.2) is 9.97 Å². The molecule has 1 unspecified atom stereocenters. The standard InChI is InChI=1S/C21H21F3N8O4/c1-11(33)27-13-6-17(34)32(7-13)18-14(8-31(2)30-18)28-19(35)15-9-36-20(29-15)12-3-4-25-16(5-12)26-10-21(22,23)24/h3-5,8-9,13H,6-7,10H2,1-2H3,(H,25,26)(H,27,33)(H,28,35). The molecule has 3 amide bonds. The molecule has 1 aliphatic heterocycles. The molecule has 0 saturated carbocycles. The van der Waals surface area contributed by atoms with E-state index in [1.807, 2.05) is 0 Å². The molecule has 3 aromatic heterocycles. The number of oxazole rings is 1. The molecule has 12 nitrogen and oxygen atoms in total. The highest BCUT2D eigenvalue weighted by atomic mass is 19.4. The van der Waals surface area contributed by atoms with E-state index in [1.54, 1.807) is 7.05 Å². The van der Waals surface area contributed by atoms with Gasteiger partial charge in [0.15, 0.2) is 11.5 Å². The van der Waals surface area contributed by atoms with Crippen LogP contribution in [0.25, 0.3) is 11.5 Å². The van der Waals surface area contributed by atoms with Gasteiger partial charge in [0, 0.05) is 38.7 Å². The minimum atomic E-state index is -4.42. The molecule has 15 heteroatoms. The Bertz CT molecular complexity index is 1300. The number of pyridine rings is 1. The number of hydrogen-bond donors (Lipinski definition) is 3. The van der Waals surface area contributed by atoms with Gasteiger partial charge in [-0.05, 0) is 12.1 Å². The molecule has 3 N–H and O–H groups in total. The summed E-state index contributed by atoms with van der Waals surface area (Å²) in [6, 6.07) is 2.40. The van der Waals surface area contributed by atoms with Gasteiger partial charge >= 0.3 is 6.18 Å². The van der Waals surface area contributed by atoms with Gasteiger partial charge < -0.3 is 20.4 Å². The maximum Gasteiger partial charge on any atom is 0.405 e. The number of nitrogens with zero attached hydrogens (tertiary/aromatic N) is 5. The van der Waals surface area contributed by atoms with E-state index in [0.29, 0.717) is 5.56 Å². The Morgan fingerprint density at radius 3 is 2.81 bits per heavy atom. The summed E-state index contributed by atoms with van der Waals surface area (Å²) in [5.74, 6) is -1.02. The molecule has 4 rings (SSSR count). The predicted molar refractivity (Wildman–Crippen MR) is 120 cm³/mol. The normalized spacial score (nSPS) is 15.8. The van der Waals surface area contributed by atoms with Gasteiger partial charge in [-0.1, -0.05) is 0 Å². The largest absolute Gasteiger partial charge is 0.444 e. The highest BCUT2D eigenvalue weighted by Gasteiger charge is 2.34. The van der Waals surface area contributed by atoms with Crippen LogP contribution in [0.15, 0.2) is 35.2 Å². The minimum Gasteiger partial charge on any atom is -0.444 e. The highest BCUT2D eigenvalue weighted by molar-refractivity contribution is 6.06. The van der Waals surface area contributed by atoms with E-state index < -0.39 is 18.6 Å². The summed E-state index contributed by atoms with van der Waals surface area (Å²) in [7, 11) is 1.62. The van der Waals surface area contributed by atoms with Crippen molar-refractivity contribution in [2.24, 2.45) is 7.05 Å². The van der Waals surface area contributed by atoms with E-state index in [1.165, 1.54) is 41.0 Å². The SMILES string of the molecule is CC(=O)NC1CC(=O)N(c2nn(C)cc2NC(=O)c2coc(-c3ccnc(NCC(F)(F)F)c3)n2)C1. The lowest BCUT2D eigenvalue weighted by Gasteiger charge is -2.16. The lowest BCUT2D eigenvalue weighted by Crippen LogP contribution is -2.36. The summed E-state index contributed by atoms with van der Waals surface area (Å²) in [5.41, 5.74) is 0.444. The Labute approximate surface area is 201 Å². The first-order valence-corrected chi connectivity index (χ1v) is 10.6. The number of amides is 3. The van der Waals surface area contributed by atoms with Crippen LogP contribution < -0.4 is 20.9 Å². The van der Waals surface area contributed by atoms with Gasteiger partial charge in [-0.15, -0.1) is 0 Å². The van der Waals surface area contributed by atoms with Crippen LogP contribution in [0.2, 0.25) is 0 Å². The molecule has 1 aliphatic rings. The fourth-order valence-corrected chi connectivity index (χ4v) is 3.61. The van der Waals surface area contributed by atoms with Gasteiger partial charge in [0.05, 0.1) is 12.2 Å². The molecule has 190 valence electrons. The van der Waals surface area contributed by atoms with Crippen molar-refractivity contribution in [3.8, 4) is 11.5 Å². The molecular weight excluding hydrogens is 485 g/mol. The summed E-state index contributed by atoms with van der Waals surface area (Å²) in [6.45, 7) is 0.290. The average molecular weight is 506 g/mol. The maximum atomic E-state index is 12.8. The van der Waals surface area contributed by atoms with Crippen LogP contribution in [0.5, 0.6) is 0 Å². The van der Waals surface area contributed by atoms with Crippen LogP contribution in [0.3, 0.4) is 0 Å². The summed E-state index contributed by atoms with van der Waals surface area (Å²) in [5, 5.41) is 11.7. The number of hydrogen-bond acceptors (Lipinski definition) is 8. The molecule has 0 radical (unpaired) electrons. The van der Waals surface area contributed by atoms with Gasteiger partial charge in [-0.2, -0.15) is 18.3 Å². The summed E-state index contributed by atoms with van der Waals surface area (Å²) >= 11 is 0. The second kappa shape index (κ2) is 9.67. The number of aromatic nitrogens is 4. The number of halogens is 3. The zero-order chi connectivity index (χ0) is 26.0. The maximum absolute atomic E-state index is 12.8. The molecule has 1 saturated heterocycles. The van der Waals surface area contributed by atoms with E-state index in [2.05, 4.69) is 31.0 Å². The van der Waals surface area contributed by atoms with Gasteiger partial charge in [0.1, 0.15) is 24.3 Å². The predicted octanol–water partition coefficient (Wildman–Crippen LogP) is 1.94. The Balaban J connectivity index is 1.48. The number of anilines is 3. The van der Waals surface area contributed by atoms with Crippen LogP contribution in [0.1, 0.15) is 23.8 Å². The van der Waals surface area contributed by atoms with Crippen molar-refractivity contribution < 1.29 is 32.0 Å². The topological polar surface area (TPSA) is 147 Å². The fourth-order valence-electron chi connectivity index (χ4n) is 3.61. The third kappa shape index (κ3) is 5.79. The van der Waals surface area contributed by atoms with Crippen LogP contribution in [0, 0.1) is 0 Å². The van der Waals surface area contributed by atoms with E-state index in [0.717, 1.165) is 6.26 Å². The Hall–Kier alpha value is -4.43. The number of alkyl halides is 3. The van der Waals surface area contributed by atoms with Crippen LogP contribution in [0.4, 0.5) is 30.5 Å². The van der Waals surface area contributed by atoms with Crippen molar-refractivity contribution in [1.29, 1.82) is 0 Å². The molecule has 0 spiro atoms. The molecule has 0 aromatic carbocycles. The van der Waals surface area contributed by atoms with Crippen LogP contribution in [-0.2, 0) is 16.6 Å². The van der Waals surface area contributed by atoms with Crippen LogP contribution >= 0.6 is 0 Å². The smallest absolute Gasteiger partial charge is 0.405 e. The summed E-state index contributed by atoms with van der Waals surface area (Å²) < 4.78 is 44.1. The minimum absolute atomic E-state index is 0.00288. The Morgan fingerprint density at radius 1 is 1.31 bits per heavy atom. The number of aryl methyl sites for hydroxylation is 1. The monoisotopic (exact) mass is 506 g/mol. The molecular formula is C21H21F3N8O4. The Kier molecular flexibility index (Phi) is 6.63. The van der Waals surface area contributed by atoms with E-state index in [4.69, 9.17) is 4.42 Å². The fraction of sp³-hybridized carbons (Fsp3) is 0.333. The second-order valence-corrected chi connectivity index (χ2v) is 8.04. The quantitative estimate of drug-likeness (QED) is 0.441. The molecule has 0 bridgehead atoms. The van der Waals surface area contributed by atoms with Gasteiger partial charge in [0.25, 0.3) is 5.91 Å². The van der Waals surface area contributed by atoms with E-state index in [9.17, 15) is 27.6 Å². The van der Waals surface area contributed by atoms with Crippen LogP contribution in [-0.4, -0.2) is 62.8 Å². The van der Waals surface area contributed by atoms with Crippen molar-refractivity contribution in [2.75, 3.05) is 28.6 Å². The summed E-state index contributed by atoms with van der Waals surface area (Å²) in [6.07, 6.45) is -0.433. The Morgan fingerprint density at radius 2 is 2.08 bits per heavy atom. The number of carbonyl (C=O) groups excluding carboxylic acids is 3. The van der Waals surface area contributed by atoms with Crippen molar-refractivity contribution in [3.05, 3.63) is 36.5 Å². The molecule has 1 atom stereocenters. The summed E-state index contributed by atoms with van der Waals surface area (Å²) in [4.78, 5) is 45.9. The zero-order valence-electron chi connectivity index (χ0n) is 19.1. The van der Waals surface area contributed by atoms with Crippen molar-refractivity contribution >= 4 is 35.0 Å². The first-order valence-electron chi connectivity index (χ1n) is 10.6. The molecule has 1 fully saturated rings. The van der Waals surface area contributed by atoms with Gasteiger partial charge in [0.2, 0.25) is 17.7 Å². The zero-order valence-corrected chi connectivity index (χ0v) is 19.1. The number of nitrogens with one attached hydrogen (secondary N) is 3. The molecule has 3 aromatic rings. The van der Waals surface area contributed by atoms with Crippen molar-refractivity contribution in [3.63, 3.8) is 0 Å². The van der Waals surface area contributed by atoms with Crippen molar-refractivity contribution in [2.45, 2.75) is 25.6 Å². The third-order valence-electron chi connectivity index (χ3n) is 5.06. The van der Waals surface area contributed by atoms with Gasteiger partial charge in [-0.3, -0.25) is 24.0 Å². The molecule has 0 aliphatic carbocycles. The first kappa shape index (κ1) is 24.7. The highest BCUT2D eigenvalue weighted by Crippen LogP contribution is 2.29. The second-order valence-electron chi connectivity index (χ2n) is 8.04.